The summed E-state index contributed by atoms with van der Waals surface area (Å²) in [5.41, 5.74) is 2.18. The van der Waals surface area contributed by atoms with Gasteiger partial charge in [0.1, 0.15) is 5.75 Å². The summed E-state index contributed by atoms with van der Waals surface area (Å²) >= 11 is 6.14. The summed E-state index contributed by atoms with van der Waals surface area (Å²) in [6.07, 6.45) is 1.88. The van der Waals surface area contributed by atoms with Crippen LogP contribution in [0.1, 0.15) is 17.5 Å². The van der Waals surface area contributed by atoms with Crippen molar-refractivity contribution in [3.8, 4) is 5.75 Å². The molecule has 0 aliphatic carbocycles. The molecule has 0 radical (unpaired) electrons. The van der Waals surface area contributed by atoms with Crippen LogP contribution in [0.4, 0.5) is 0 Å². The van der Waals surface area contributed by atoms with Crippen molar-refractivity contribution in [1.82, 2.24) is 10.2 Å². The highest BCUT2D eigenvalue weighted by Crippen LogP contribution is 2.33. The zero-order valence-electron chi connectivity index (χ0n) is 10.7. The molecule has 0 atom stereocenters. The van der Waals surface area contributed by atoms with E-state index >= 15 is 0 Å². The smallest absolute Gasteiger partial charge is 0.236 e. The molecule has 1 saturated heterocycles. The Labute approximate surface area is 117 Å². The van der Waals surface area contributed by atoms with Crippen molar-refractivity contribution in [2.45, 2.75) is 19.4 Å². The lowest BCUT2D eigenvalue weighted by atomic mass is 10.1. The van der Waals surface area contributed by atoms with Gasteiger partial charge in [-0.3, -0.25) is 4.79 Å². The second kappa shape index (κ2) is 5.39. The molecule has 4 nitrogen and oxygen atoms in total. The summed E-state index contributed by atoms with van der Waals surface area (Å²) in [6.45, 7) is 3.39. The van der Waals surface area contributed by atoms with Crippen molar-refractivity contribution in [2.75, 3.05) is 26.2 Å². The second-order valence-corrected chi connectivity index (χ2v) is 5.43. The van der Waals surface area contributed by atoms with Crippen LogP contribution in [0.5, 0.6) is 5.75 Å². The van der Waals surface area contributed by atoms with E-state index < -0.39 is 0 Å². The highest BCUT2D eigenvalue weighted by molar-refractivity contribution is 6.30. The first kappa shape index (κ1) is 12.8. The van der Waals surface area contributed by atoms with E-state index in [1.807, 2.05) is 17.0 Å². The van der Waals surface area contributed by atoms with Crippen LogP contribution in [0.3, 0.4) is 0 Å². The highest BCUT2D eigenvalue weighted by atomic mass is 35.5. The Bertz CT molecular complexity index is 504. The van der Waals surface area contributed by atoms with Crippen LogP contribution < -0.4 is 10.1 Å². The van der Waals surface area contributed by atoms with Gasteiger partial charge in [0, 0.05) is 30.1 Å². The number of rotatable bonds is 2. The molecule has 102 valence electrons. The number of nitrogens with one attached hydrogen (secondary N) is 1. The van der Waals surface area contributed by atoms with E-state index in [1.54, 1.807) is 0 Å². The first-order chi connectivity index (χ1) is 9.24. The van der Waals surface area contributed by atoms with Crippen molar-refractivity contribution in [3.05, 3.63) is 28.3 Å². The van der Waals surface area contributed by atoms with Crippen molar-refractivity contribution < 1.29 is 9.53 Å². The lowest BCUT2D eigenvalue weighted by Crippen LogP contribution is -2.34. The van der Waals surface area contributed by atoms with Crippen molar-refractivity contribution in [3.63, 3.8) is 0 Å². The summed E-state index contributed by atoms with van der Waals surface area (Å²) < 4.78 is 5.68. The fourth-order valence-electron chi connectivity index (χ4n) is 2.66. The number of halogens is 1. The third kappa shape index (κ3) is 2.69. The zero-order chi connectivity index (χ0) is 13.2. The first-order valence-electron chi connectivity index (χ1n) is 6.66. The fourth-order valence-corrected chi connectivity index (χ4v) is 2.93. The molecule has 2 aliphatic heterocycles. The molecule has 0 spiro atoms. The molecule has 3 rings (SSSR count). The molecular weight excluding hydrogens is 264 g/mol. The lowest BCUT2D eigenvalue weighted by Gasteiger charge is -2.21. The van der Waals surface area contributed by atoms with Crippen LogP contribution >= 0.6 is 11.6 Å². The van der Waals surface area contributed by atoms with Crippen molar-refractivity contribution in [2.24, 2.45) is 0 Å². The Hall–Kier alpha value is -1.26. The summed E-state index contributed by atoms with van der Waals surface area (Å²) in [4.78, 5) is 13.9. The molecule has 0 unspecified atom stereocenters. The second-order valence-electron chi connectivity index (χ2n) is 5.00. The minimum absolute atomic E-state index is 0.143. The number of amides is 1. The van der Waals surface area contributed by atoms with E-state index in [-0.39, 0.29) is 5.91 Å². The van der Waals surface area contributed by atoms with Gasteiger partial charge < -0.3 is 15.0 Å². The van der Waals surface area contributed by atoms with Gasteiger partial charge in [0.25, 0.3) is 0 Å². The van der Waals surface area contributed by atoms with Gasteiger partial charge in [-0.1, -0.05) is 11.6 Å². The van der Waals surface area contributed by atoms with Gasteiger partial charge in [0.05, 0.1) is 13.2 Å². The molecule has 1 N–H and O–H groups in total. The van der Waals surface area contributed by atoms with Gasteiger partial charge in [-0.25, -0.2) is 0 Å². The number of fused-ring (bicyclic) bond motifs is 1. The quantitative estimate of drug-likeness (QED) is 0.895. The summed E-state index contributed by atoms with van der Waals surface area (Å²) in [6, 6.07) is 3.87. The molecule has 1 aromatic rings. The largest absolute Gasteiger partial charge is 0.493 e. The monoisotopic (exact) mass is 280 g/mol. The molecule has 1 amide bonds. The van der Waals surface area contributed by atoms with E-state index in [2.05, 4.69) is 5.32 Å². The number of carbonyl (C=O) groups is 1. The molecule has 0 bridgehead atoms. The molecule has 5 heteroatoms. The zero-order valence-corrected chi connectivity index (χ0v) is 11.5. The van der Waals surface area contributed by atoms with Gasteiger partial charge in [-0.2, -0.15) is 0 Å². The van der Waals surface area contributed by atoms with Crippen molar-refractivity contribution >= 4 is 17.5 Å². The van der Waals surface area contributed by atoms with Gasteiger partial charge in [0.15, 0.2) is 0 Å². The van der Waals surface area contributed by atoms with E-state index in [1.165, 1.54) is 0 Å². The first-order valence-corrected chi connectivity index (χ1v) is 7.04. The Morgan fingerprint density at radius 2 is 2.32 bits per heavy atom. The number of benzene rings is 1. The van der Waals surface area contributed by atoms with Gasteiger partial charge in [-0.05, 0) is 30.7 Å². The third-order valence-corrected chi connectivity index (χ3v) is 3.82. The van der Waals surface area contributed by atoms with E-state index in [0.717, 1.165) is 47.8 Å². The van der Waals surface area contributed by atoms with Crippen LogP contribution in [0.2, 0.25) is 5.02 Å². The Morgan fingerprint density at radius 1 is 1.42 bits per heavy atom. The van der Waals surface area contributed by atoms with Crippen LogP contribution in [0.25, 0.3) is 0 Å². The Balaban J connectivity index is 1.84. The average Bonchev–Trinajstić information content (AvgIpc) is 2.75. The van der Waals surface area contributed by atoms with E-state index in [0.29, 0.717) is 19.7 Å². The van der Waals surface area contributed by atoms with Crippen LogP contribution in [0.15, 0.2) is 12.1 Å². The molecule has 1 aromatic carbocycles. The van der Waals surface area contributed by atoms with Crippen LogP contribution in [0, 0.1) is 0 Å². The number of hydrogen-bond donors (Lipinski definition) is 1. The predicted molar refractivity (Wildman–Crippen MR) is 73.6 cm³/mol. The molecule has 1 fully saturated rings. The highest BCUT2D eigenvalue weighted by Gasteiger charge is 2.22. The minimum Gasteiger partial charge on any atom is -0.493 e. The maximum absolute atomic E-state index is 12.0. The third-order valence-electron chi connectivity index (χ3n) is 3.60. The fraction of sp³-hybridized carbons (Fsp3) is 0.500. The average molecular weight is 281 g/mol. The topological polar surface area (TPSA) is 41.6 Å². The van der Waals surface area contributed by atoms with Crippen LogP contribution in [-0.4, -0.2) is 37.0 Å². The van der Waals surface area contributed by atoms with Crippen LogP contribution in [-0.2, 0) is 17.8 Å². The maximum Gasteiger partial charge on any atom is 0.236 e. The number of hydrogen-bond acceptors (Lipinski definition) is 3. The normalized spacial score (nSPS) is 19.0. The molecule has 0 aromatic heterocycles. The SMILES string of the molecule is O=C1CNCCCN1Cc1cc(Cl)cc2c1OCC2. The summed E-state index contributed by atoms with van der Waals surface area (Å²) in [7, 11) is 0. The minimum atomic E-state index is 0.143. The summed E-state index contributed by atoms with van der Waals surface area (Å²) in [5.74, 6) is 1.07. The Morgan fingerprint density at radius 3 is 3.21 bits per heavy atom. The van der Waals surface area contributed by atoms with Crippen molar-refractivity contribution in [1.29, 1.82) is 0 Å². The molecule has 0 saturated carbocycles. The maximum atomic E-state index is 12.0. The standard InChI is InChI=1S/C14H17ClN2O2/c15-12-6-10-2-5-19-14(10)11(7-12)9-17-4-1-3-16-8-13(17)18/h6-7,16H,1-5,8-9H2. The number of ether oxygens (including phenoxy) is 1. The van der Waals surface area contributed by atoms with Gasteiger partial charge >= 0.3 is 0 Å². The predicted octanol–water partition coefficient (Wildman–Crippen LogP) is 1.60. The number of nitrogens with zero attached hydrogens (tertiary/aromatic N) is 1. The number of carbonyl (C=O) groups excluding carboxylic acids is 1. The Kier molecular flexibility index (Phi) is 3.62. The molecule has 2 heterocycles. The van der Waals surface area contributed by atoms with Gasteiger partial charge in [0.2, 0.25) is 5.91 Å². The molecule has 19 heavy (non-hydrogen) atoms. The summed E-state index contributed by atoms with van der Waals surface area (Å²) in [5, 5.41) is 3.85. The van der Waals surface area contributed by atoms with E-state index in [4.69, 9.17) is 16.3 Å². The lowest BCUT2D eigenvalue weighted by molar-refractivity contribution is -0.130. The van der Waals surface area contributed by atoms with Gasteiger partial charge in [-0.15, -0.1) is 0 Å². The molecular formula is C14H17ClN2O2. The molecule has 2 aliphatic rings. The van der Waals surface area contributed by atoms with E-state index in [9.17, 15) is 4.79 Å².